The van der Waals surface area contributed by atoms with Crippen molar-refractivity contribution in [2.75, 3.05) is 11.9 Å². The molecule has 0 saturated heterocycles. The van der Waals surface area contributed by atoms with Crippen LogP contribution in [0, 0.1) is 19.7 Å². The van der Waals surface area contributed by atoms with E-state index in [-0.39, 0.29) is 29.3 Å². The Morgan fingerprint density at radius 2 is 1.91 bits per heavy atom. The highest BCUT2D eigenvalue weighted by atomic mass is 35.5. The molecule has 0 radical (unpaired) electrons. The summed E-state index contributed by atoms with van der Waals surface area (Å²) >= 11 is 6.09. The summed E-state index contributed by atoms with van der Waals surface area (Å²) in [6.45, 7) is 1.63. The summed E-state index contributed by atoms with van der Waals surface area (Å²) in [4.78, 5) is 12.8. The van der Waals surface area contributed by atoms with Crippen molar-refractivity contribution < 1.29 is 31.5 Å². The molecule has 0 aliphatic heterocycles. The molecule has 3 aromatic rings. The first-order chi connectivity index (χ1) is 16.0. The van der Waals surface area contributed by atoms with Crippen LogP contribution in [-0.2, 0) is 17.9 Å². The van der Waals surface area contributed by atoms with Crippen LogP contribution >= 0.6 is 11.6 Å². The lowest BCUT2D eigenvalue weighted by Gasteiger charge is -2.15. The number of amides is 1. The van der Waals surface area contributed by atoms with Crippen molar-refractivity contribution in [3.8, 4) is 0 Å². The lowest BCUT2D eigenvalue weighted by molar-refractivity contribution is -0.168. The van der Waals surface area contributed by atoms with Gasteiger partial charge in [0.1, 0.15) is 12.4 Å². The van der Waals surface area contributed by atoms with E-state index in [4.69, 9.17) is 16.3 Å². The van der Waals surface area contributed by atoms with Crippen LogP contribution in [0.1, 0.15) is 32.9 Å². The minimum Gasteiger partial charge on any atom is -0.370 e. The van der Waals surface area contributed by atoms with Crippen LogP contribution < -0.4 is 5.32 Å². The second-order valence-electron chi connectivity index (χ2n) is 7.61. The monoisotopic (exact) mass is 501 g/mol. The first kappa shape index (κ1) is 25.6. The number of carbonyl (C=O) groups is 1. The number of anilines is 1. The number of hydrogen-bond donors (Lipinski definition) is 1. The summed E-state index contributed by atoms with van der Waals surface area (Å²) in [6, 6.07) is 10.3. The maximum Gasteiger partial charge on any atom is 0.330 e. The van der Waals surface area contributed by atoms with E-state index in [0.29, 0.717) is 22.6 Å². The molecule has 0 spiro atoms. The number of carbonyl (C=O) groups excluding carboxylic acids is 1. The highest BCUT2D eigenvalue weighted by molar-refractivity contribution is 6.31. The van der Waals surface area contributed by atoms with Crippen LogP contribution in [0.15, 0.2) is 42.5 Å². The molecule has 0 atom stereocenters. The third kappa shape index (κ3) is 5.92. The van der Waals surface area contributed by atoms with E-state index in [9.17, 15) is 26.7 Å². The Balaban J connectivity index is 1.71. The van der Waals surface area contributed by atoms with Gasteiger partial charge in [0.15, 0.2) is 0 Å². The number of aromatic nitrogens is 2. The molecule has 5 nitrogen and oxygen atoms in total. The highest BCUT2D eigenvalue weighted by Gasteiger charge is 2.40. The van der Waals surface area contributed by atoms with Gasteiger partial charge in [-0.25, -0.2) is 13.2 Å². The zero-order valence-corrected chi connectivity index (χ0v) is 19.0. The molecule has 1 heterocycles. The smallest absolute Gasteiger partial charge is 0.330 e. The normalized spacial score (nSPS) is 11.8. The number of nitrogens with one attached hydrogen (secondary N) is 1. The van der Waals surface area contributed by atoms with E-state index in [2.05, 4.69) is 10.4 Å². The molecule has 0 aliphatic carbocycles. The Kier molecular flexibility index (Phi) is 7.93. The predicted molar refractivity (Wildman–Crippen MR) is 117 cm³/mol. The van der Waals surface area contributed by atoms with Crippen molar-refractivity contribution in [3.63, 3.8) is 0 Å². The predicted octanol–water partition coefficient (Wildman–Crippen LogP) is 6.01. The number of alkyl halides is 4. The van der Waals surface area contributed by atoms with Crippen molar-refractivity contribution in [3.05, 3.63) is 81.4 Å². The summed E-state index contributed by atoms with van der Waals surface area (Å²) in [7, 11) is 0. The summed E-state index contributed by atoms with van der Waals surface area (Å²) < 4.78 is 70.8. The van der Waals surface area contributed by atoms with Gasteiger partial charge < -0.3 is 10.1 Å². The molecule has 0 bridgehead atoms. The molecule has 1 N–H and O–H groups in total. The van der Waals surface area contributed by atoms with Gasteiger partial charge in [-0.05, 0) is 43.7 Å². The first-order valence-corrected chi connectivity index (χ1v) is 10.5. The number of halogens is 6. The van der Waals surface area contributed by atoms with E-state index < -0.39 is 30.7 Å². The summed E-state index contributed by atoms with van der Waals surface area (Å²) in [5, 5.41) is 7.35. The molecule has 1 amide bonds. The molecule has 2 aromatic carbocycles. The summed E-state index contributed by atoms with van der Waals surface area (Å²) in [5.41, 5.74) is 2.31. The second-order valence-corrected chi connectivity index (χ2v) is 8.02. The van der Waals surface area contributed by atoms with Gasteiger partial charge in [-0.2, -0.15) is 13.9 Å². The van der Waals surface area contributed by atoms with Crippen LogP contribution in [0.2, 0.25) is 5.02 Å². The van der Waals surface area contributed by atoms with Crippen molar-refractivity contribution in [2.24, 2.45) is 0 Å². The number of hydrogen-bond acceptors (Lipinski definition) is 3. The Morgan fingerprint density at radius 1 is 1.21 bits per heavy atom. The van der Waals surface area contributed by atoms with E-state index in [0.717, 1.165) is 0 Å². The van der Waals surface area contributed by atoms with Gasteiger partial charge in [-0.15, -0.1) is 0 Å². The maximum absolute atomic E-state index is 14.2. The molecule has 0 saturated carbocycles. The zero-order chi connectivity index (χ0) is 25.0. The molecule has 34 heavy (non-hydrogen) atoms. The van der Waals surface area contributed by atoms with Gasteiger partial charge in [0.05, 0.1) is 30.2 Å². The van der Waals surface area contributed by atoms with Crippen LogP contribution in [0.5, 0.6) is 0 Å². The highest BCUT2D eigenvalue weighted by Crippen LogP contribution is 2.26. The fourth-order valence-corrected chi connectivity index (χ4v) is 3.44. The Labute approximate surface area is 197 Å². The van der Waals surface area contributed by atoms with E-state index in [1.807, 2.05) is 0 Å². The van der Waals surface area contributed by atoms with Crippen molar-refractivity contribution in [2.45, 2.75) is 39.3 Å². The average Bonchev–Trinajstić information content (AvgIpc) is 3.03. The number of nitrogens with zero attached hydrogens (tertiary/aromatic N) is 2. The molecule has 0 unspecified atom stereocenters. The van der Waals surface area contributed by atoms with Crippen molar-refractivity contribution in [1.29, 1.82) is 0 Å². The molecule has 3 rings (SSSR count). The molecule has 182 valence electrons. The topological polar surface area (TPSA) is 56.2 Å². The van der Waals surface area contributed by atoms with Gasteiger partial charge in [-0.3, -0.25) is 9.48 Å². The average molecular weight is 502 g/mol. The fraction of sp³-hybridized carbons (Fsp3) is 0.304. The number of ether oxygens (including phenoxy) is 1. The second kappa shape index (κ2) is 10.5. The Hall–Kier alpha value is -2.98. The standard InChI is InChI=1S/C23H21ClF5N3O2/c1-13-20(14(2)32(31-13)10-17-18(24)7-4-8-19(17)25)30-21(33)16-6-3-5-15(9-16)11-34-12-23(28,29)22(26)27/h3-9,22H,10-12H2,1-2H3,(H,30,33). The molecular weight excluding hydrogens is 481 g/mol. The third-order valence-corrected chi connectivity index (χ3v) is 5.42. The zero-order valence-electron chi connectivity index (χ0n) is 18.2. The van der Waals surface area contributed by atoms with E-state index in [1.54, 1.807) is 19.9 Å². The fourth-order valence-electron chi connectivity index (χ4n) is 3.22. The van der Waals surface area contributed by atoms with Gasteiger partial charge in [0, 0.05) is 16.1 Å². The minimum atomic E-state index is -4.25. The number of rotatable bonds is 9. The van der Waals surface area contributed by atoms with Gasteiger partial charge in [0.25, 0.3) is 5.91 Å². The quantitative estimate of drug-likeness (QED) is 0.365. The van der Waals surface area contributed by atoms with Crippen molar-refractivity contribution in [1.82, 2.24) is 9.78 Å². The van der Waals surface area contributed by atoms with E-state index >= 15 is 0 Å². The largest absolute Gasteiger partial charge is 0.370 e. The number of aryl methyl sites for hydroxylation is 1. The lowest BCUT2D eigenvalue weighted by atomic mass is 10.1. The van der Waals surface area contributed by atoms with Crippen molar-refractivity contribution >= 4 is 23.2 Å². The van der Waals surface area contributed by atoms with Gasteiger partial charge in [0.2, 0.25) is 0 Å². The summed E-state index contributed by atoms with van der Waals surface area (Å²) in [6.07, 6.45) is -3.83. The van der Waals surface area contributed by atoms with Gasteiger partial charge in [-0.1, -0.05) is 29.8 Å². The van der Waals surface area contributed by atoms with Crippen LogP contribution in [-0.4, -0.2) is 34.6 Å². The van der Waals surface area contributed by atoms with Gasteiger partial charge >= 0.3 is 12.3 Å². The molecule has 0 aliphatic rings. The Morgan fingerprint density at radius 3 is 2.59 bits per heavy atom. The third-order valence-electron chi connectivity index (χ3n) is 5.06. The molecule has 0 fully saturated rings. The van der Waals surface area contributed by atoms with Crippen LogP contribution in [0.25, 0.3) is 0 Å². The first-order valence-electron chi connectivity index (χ1n) is 10.1. The maximum atomic E-state index is 14.2. The Bertz CT molecular complexity index is 1160. The van der Waals surface area contributed by atoms with Crippen LogP contribution in [0.3, 0.4) is 0 Å². The molecular formula is C23H21ClF5N3O2. The minimum absolute atomic E-state index is 0.0596. The van der Waals surface area contributed by atoms with E-state index in [1.165, 1.54) is 41.1 Å². The molecule has 1 aromatic heterocycles. The molecule has 11 heteroatoms. The van der Waals surface area contributed by atoms with Crippen LogP contribution in [0.4, 0.5) is 27.6 Å². The number of benzene rings is 2. The SMILES string of the molecule is Cc1nn(Cc2c(F)cccc2Cl)c(C)c1NC(=O)c1cccc(COCC(F)(F)C(F)F)c1. The summed E-state index contributed by atoms with van der Waals surface area (Å²) in [5.74, 6) is -5.23. The lowest BCUT2D eigenvalue weighted by Crippen LogP contribution is -2.32.